The minimum absolute atomic E-state index is 0.222. The number of halogens is 1. The Labute approximate surface area is 259 Å². The van der Waals surface area contributed by atoms with Gasteiger partial charge in [-0.15, -0.1) is 11.8 Å². The number of benzene rings is 2. The van der Waals surface area contributed by atoms with Crippen LogP contribution in [0.4, 0.5) is 4.39 Å². The number of piperidine rings is 1. The normalized spacial score (nSPS) is 16.0. The van der Waals surface area contributed by atoms with Crippen molar-refractivity contribution >= 4 is 24.6 Å². The number of nitrogens with zero attached hydrogens (tertiary/aromatic N) is 4. The maximum Gasteiger partial charge on any atom is 0.128 e. The first-order valence-corrected chi connectivity index (χ1v) is 16.2. The number of fused-ring (bicyclic) bond motifs is 1. The zero-order valence-electron chi connectivity index (χ0n) is 25.2. The van der Waals surface area contributed by atoms with E-state index in [-0.39, 0.29) is 11.9 Å². The first-order chi connectivity index (χ1) is 21.0. The molecule has 0 radical (unpaired) electrons. The van der Waals surface area contributed by atoms with Crippen molar-refractivity contribution in [2.45, 2.75) is 51.2 Å². The molecule has 43 heavy (non-hydrogen) atoms. The fraction of sp³-hybridized carbons (Fsp3) is 0.371. The number of hydrogen-bond donors (Lipinski definition) is 2. The minimum Gasteiger partial charge on any atom is -0.378 e. The van der Waals surface area contributed by atoms with Crippen LogP contribution in [0, 0.1) is 11.7 Å². The third-order valence-electron chi connectivity index (χ3n) is 8.59. The average Bonchev–Trinajstić information content (AvgIpc) is 3.64. The Morgan fingerprint density at radius 3 is 2.79 bits per heavy atom. The fourth-order valence-electron chi connectivity index (χ4n) is 6.30. The van der Waals surface area contributed by atoms with Crippen molar-refractivity contribution in [3.05, 3.63) is 107 Å². The summed E-state index contributed by atoms with van der Waals surface area (Å²) in [7, 11) is 2.01. The van der Waals surface area contributed by atoms with Gasteiger partial charge in [0.25, 0.3) is 0 Å². The molecule has 0 aliphatic carbocycles. The summed E-state index contributed by atoms with van der Waals surface area (Å²) in [5.41, 5.74) is 7.66. The minimum atomic E-state index is -0.233. The molecular formula is C35H43FN6S. The highest BCUT2D eigenvalue weighted by Crippen LogP contribution is 2.34. The maximum atomic E-state index is 15.9. The third-order valence-corrected chi connectivity index (χ3v) is 9.22. The van der Waals surface area contributed by atoms with Crippen molar-refractivity contribution in [3.8, 4) is 11.1 Å². The van der Waals surface area contributed by atoms with Gasteiger partial charge in [-0.25, -0.2) is 9.37 Å². The van der Waals surface area contributed by atoms with Crippen LogP contribution in [-0.2, 0) is 25.9 Å². The molecule has 3 aromatic rings. The van der Waals surface area contributed by atoms with E-state index in [1.807, 2.05) is 24.8 Å². The summed E-state index contributed by atoms with van der Waals surface area (Å²) in [6.45, 7) is 15.5. The summed E-state index contributed by atoms with van der Waals surface area (Å²) in [6.07, 6.45) is 11.0. The fourth-order valence-corrected chi connectivity index (χ4v) is 6.84. The second-order valence-corrected chi connectivity index (χ2v) is 12.4. The van der Waals surface area contributed by atoms with Gasteiger partial charge < -0.3 is 15.2 Å². The van der Waals surface area contributed by atoms with Gasteiger partial charge in [-0.3, -0.25) is 9.89 Å². The molecule has 8 heteroatoms. The molecule has 1 unspecified atom stereocenters. The molecule has 0 amide bonds. The van der Waals surface area contributed by atoms with Gasteiger partial charge in [0, 0.05) is 36.2 Å². The highest BCUT2D eigenvalue weighted by molar-refractivity contribution is 8.02. The van der Waals surface area contributed by atoms with Crippen molar-refractivity contribution in [2.24, 2.45) is 10.9 Å². The third kappa shape index (κ3) is 7.55. The Balaban J connectivity index is 1.35. The molecule has 2 aliphatic heterocycles. The van der Waals surface area contributed by atoms with Crippen LogP contribution in [0.1, 0.15) is 53.4 Å². The smallest absolute Gasteiger partial charge is 0.128 e. The molecule has 0 saturated carbocycles. The number of imidazole rings is 1. The average molecular weight is 599 g/mol. The summed E-state index contributed by atoms with van der Waals surface area (Å²) in [4.78, 5) is 10.7. The van der Waals surface area contributed by atoms with Crippen molar-refractivity contribution in [1.29, 1.82) is 0 Å². The van der Waals surface area contributed by atoms with Gasteiger partial charge in [0.05, 0.1) is 23.9 Å². The first kappa shape index (κ1) is 31.0. The number of rotatable bonds is 14. The SMILES string of the molecule is C=Cc1cc(-c2ccc(CC3CCNCC3)cc2)cc(F)c1CN(C)C(C(=C)NCS/C=C\N=C)c1ncn2c1CCC2. The lowest BCUT2D eigenvalue weighted by Gasteiger charge is -2.30. The Morgan fingerprint density at radius 1 is 1.26 bits per heavy atom. The van der Waals surface area contributed by atoms with Gasteiger partial charge in [0.15, 0.2) is 0 Å². The number of hydrogen-bond acceptors (Lipinski definition) is 6. The molecule has 1 atom stereocenters. The van der Waals surface area contributed by atoms with Gasteiger partial charge in [-0.05, 0) is 105 Å². The Kier molecular flexibility index (Phi) is 10.7. The van der Waals surface area contributed by atoms with Gasteiger partial charge in [-0.1, -0.05) is 43.5 Å². The van der Waals surface area contributed by atoms with E-state index >= 15 is 4.39 Å². The highest BCUT2D eigenvalue weighted by atomic mass is 32.2. The topological polar surface area (TPSA) is 57.5 Å². The summed E-state index contributed by atoms with van der Waals surface area (Å²) >= 11 is 1.57. The molecule has 1 aromatic heterocycles. The molecule has 0 spiro atoms. The molecule has 3 heterocycles. The molecule has 5 rings (SSSR count). The van der Waals surface area contributed by atoms with E-state index in [9.17, 15) is 0 Å². The van der Waals surface area contributed by atoms with Crippen LogP contribution in [0.5, 0.6) is 0 Å². The molecule has 6 nitrogen and oxygen atoms in total. The number of thioether (sulfide) groups is 1. The van der Waals surface area contributed by atoms with Gasteiger partial charge >= 0.3 is 0 Å². The zero-order valence-corrected chi connectivity index (χ0v) is 26.0. The zero-order chi connectivity index (χ0) is 30.2. The van der Waals surface area contributed by atoms with Crippen molar-refractivity contribution < 1.29 is 4.39 Å². The number of aliphatic imine (C=N–C) groups is 1. The van der Waals surface area contributed by atoms with Crippen molar-refractivity contribution in [1.82, 2.24) is 25.1 Å². The summed E-state index contributed by atoms with van der Waals surface area (Å²) in [5.74, 6) is 1.13. The number of aromatic nitrogens is 2. The molecule has 1 saturated heterocycles. The van der Waals surface area contributed by atoms with Crippen molar-refractivity contribution in [3.63, 3.8) is 0 Å². The highest BCUT2D eigenvalue weighted by Gasteiger charge is 2.29. The number of nitrogens with one attached hydrogen (secondary N) is 2. The van der Waals surface area contributed by atoms with Crippen LogP contribution in [-0.4, -0.2) is 47.2 Å². The lowest BCUT2D eigenvalue weighted by atomic mass is 9.90. The summed E-state index contributed by atoms with van der Waals surface area (Å²) < 4.78 is 18.1. The van der Waals surface area contributed by atoms with Gasteiger partial charge in [-0.2, -0.15) is 0 Å². The molecule has 2 aromatic carbocycles. The standard InChI is InChI=1S/C35H43FN6S/c1-5-28-20-30(29-10-8-26(9-11-29)19-27-12-14-38-15-13-27)21-32(36)31(28)22-41(4)35(25(2)40-24-43-18-16-37-3)34-33-7-6-17-42(33)23-39-34/h5,8-11,16,18,20-21,23,27,35,38,40H,1-3,6-7,12-15,17,19,22,24H2,4H3/b18-16-. The Hall–Kier alpha value is -3.46. The quantitative estimate of drug-likeness (QED) is 0.119. The van der Waals surface area contributed by atoms with E-state index in [2.05, 4.69) is 69.2 Å². The monoisotopic (exact) mass is 598 g/mol. The predicted molar refractivity (Wildman–Crippen MR) is 179 cm³/mol. The van der Waals surface area contributed by atoms with Crippen LogP contribution >= 0.6 is 11.8 Å². The van der Waals surface area contributed by atoms with Crippen LogP contribution in [0.15, 0.2) is 78.2 Å². The van der Waals surface area contributed by atoms with Gasteiger partial charge in [0.2, 0.25) is 0 Å². The van der Waals surface area contributed by atoms with E-state index < -0.39 is 0 Å². The Morgan fingerprint density at radius 2 is 2.05 bits per heavy atom. The van der Waals surface area contributed by atoms with E-state index in [1.165, 1.54) is 24.1 Å². The molecular weight excluding hydrogens is 555 g/mol. The van der Waals surface area contributed by atoms with Crippen LogP contribution in [0.3, 0.4) is 0 Å². The van der Waals surface area contributed by atoms with Crippen LogP contribution < -0.4 is 10.6 Å². The molecule has 226 valence electrons. The van der Waals surface area contributed by atoms with E-state index in [0.717, 1.165) is 72.9 Å². The second-order valence-electron chi connectivity index (χ2n) is 11.5. The number of likely N-dealkylation sites (N-methyl/N-ethyl adjacent to an activating group) is 1. The van der Waals surface area contributed by atoms with E-state index in [0.29, 0.717) is 18.0 Å². The molecule has 2 N–H and O–H groups in total. The summed E-state index contributed by atoms with van der Waals surface area (Å²) in [5, 5.41) is 8.76. The predicted octanol–water partition coefficient (Wildman–Crippen LogP) is 6.96. The first-order valence-electron chi connectivity index (χ1n) is 15.1. The lowest BCUT2D eigenvalue weighted by molar-refractivity contribution is 0.251. The molecule has 0 bridgehead atoms. The Bertz CT molecular complexity index is 1450. The lowest BCUT2D eigenvalue weighted by Crippen LogP contribution is -2.32. The van der Waals surface area contributed by atoms with E-state index in [1.54, 1.807) is 30.1 Å². The maximum absolute atomic E-state index is 15.9. The number of aryl methyl sites for hydroxylation is 1. The van der Waals surface area contributed by atoms with Crippen molar-refractivity contribution in [2.75, 3.05) is 26.0 Å². The van der Waals surface area contributed by atoms with Crippen LogP contribution in [0.25, 0.3) is 17.2 Å². The van der Waals surface area contributed by atoms with E-state index in [4.69, 9.17) is 4.98 Å². The van der Waals surface area contributed by atoms with Gasteiger partial charge in [0.1, 0.15) is 5.82 Å². The second kappa shape index (κ2) is 14.8. The summed E-state index contributed by atoms with van der Waals surface area (Å²) in [6, 6.07) is 12.1. The van der Waals surface area contributed by atoms with Crippen LogP contribution in [0.2, 0.25) is 0 Å². The largest absolute Gasteiger partial charge is 0.378 e. The molecule has 1 fully saturated rings. The molecule has 2 aliphatic rings.